The molecule has 0 amide bonds. The van der Waals surface area contributed by atoms with Crippen molar-refractivity contribution >= 4 is 17.7 Å². The van der Waals surface area contributed by atoms with E-state index in [0.29, 0.717) is 12.0 Å². The van der Waals surface area contributed by atoms with Gasteiger partial charge in [-0.25, -0.2) is 0 Å². The second-order valence-corrected chi connectivity index (χ2v) is 4.70. The first-order valence-electron chi connectivity index (χ1n) is 5.73. The van der Waals surface area contributed by atoms with Crippen LogP contribution in [-0.2, 0) is 0 Å². The number of likely N-dealkylation sites (N-methyl/N-ethyl adjacent to an activating group) is 1. The molecule has 1 aliphatic rings. The molecule has 2 rings (SSSR count). The van der Waals surface area contributed by atoms with Gasteiger partial charge in [0, 0.05) is 19.1 Å². The Hall–Kier alpha value is -0.930. The predicted octanol–water partition coefficient (Wildman–Crippen LogP) is 2.02. The van der Waals surface area contributed by atoms with Crippen molar-refractivity contribution in [3.63, 3.8) is 0 Å². The maximum Gasteiger partial charge on any atom is 0.0615 e. The maximum absolute atomic E-state index is 4.79. The molecule has 2 atom stereocenters. The molecule has 16 heavy (non-hydrogen) atoms. The Labute approximate surface area is 103 Å². The van der Waals surface area contributed by atoms with Crippen LogP contribution in [0.25, 0.3) is 0 Å². The third-order valence-electron chi connectivity index (χ3n) is 3.40. The van der Waals surface area contributed by atoms with E-state index in [1.54, 1.807) is 5.49 Å². The quantitative estimate of drug-likeness (QED) is 0.802. The Morgan fingerprint density at radius 1 is 1.44 bits per heavy atom. The van der Waals surface area contributed by atoms with Crippen LogP contribution in [0.4, 0.5) is 0 Å². The zero-order valence-electron chi connectivity index (χ0n) is 9.60. The lowest BCUT2D eigenvalue weighted by Gasteiger charge is -2.18. The SMILES string of the molecule is CN1CC(c2ccccc2)CC1CNC=S. The first-order chi connectivity index (χ1) is 7.81. The van der Waals surface area contributed by atoms with Crippen molar-refractivity contribution < 1.29 is 0 Å². The molecular weight excluding hydrogens is 216 g/mol. The second kappa shape index (κ2) is 5.41. The second-order valence-electron chi connectivity index (χ2n) is 4.46. The van der Waals surface area contributed by atoms with Crippen LogP contribution in [0.15, 0.2) is 30.3 Å². The average Bonchev–Trinajstić information content (AvgIpc) is 2.69. The summed E-state index contributed by atoms with van der Waals surface area (Å²) in [6.07, 6.45) is 1.22. The van der Waals surface area contributed by atoms with Gasteiger partial charge in [-0.05, 0) is 24.9 Å². The Bertz CT molecular complexity index is 339. The lowest BCUT2D eigenvalue weighted by molar-refractivity contribution is 0.310. The highest BCUT2D eigenvalue weighted by atomic mass is 32.1. The molecule has 0 aliphatic carbocycles. The van der Waals surface area contributed by atoms with Gasteiger partial charge in [0.15, 0.2) is 0 Å². The van der Waals surface area contributed by atoms with E-state index >= 15 is 0 Å². The molecular formula is C13H18N2S. The fourth-order valence-corrected chi connectivity index (χ4v) is 2.57. The Morgan fingerprint density at radius 2 is 2.19 bits per heavy atom. The molecule has 1 heterocycles. The highest BCUT2D eigenvalue weighted by Gasteiger charge is 2.29. The molecule has 0 bridgehead atoms. The summed E-state index contributed by atoms with van der Waals surface area (Å²) in [5.74, 6) is 0.670. The maximum atomic E-state index is 4.79. The van der Waals surface area contributed by atoms with Gasteiger partial charge in [-0.2, -0.15) is 0 Å². The minimum atomic E-state index is 0.601. The van der Waals surface area contributed by atoms with Gasteiger partial charge in [0.25, 0.3) is 0 Å². The molecule has 1 saturated heterocycles. The van der Waals surface area contributed by atoms with E-state index in [2.05, 4.69) is 47.6 Å². The van der Waals surface area contributed by atoms with E-state index < -0.39 is 0 Å². The number of nitrogens with zero attached hydrogens (tertiary/aromatic N) is 1. The van der Waals surface area contributed by atoms with Gasteiger partial charge >= 0.3 is 0 Å². The van der Waals surface area contributed by atoms with E-state index in [0.717, 1.165) is 13.1 Å². The third-order valence-corrected chi connectivity index (χ3v) is 3.56. The fraction of sp³-hybridized carbons (Fsp3) is 0.462. The molecule has 1 aromatic rings. The molecule has 2 nitrogen and oxygen atoms in total. The van der Waals surface area contributed by atoms with Gasteiger partial charge < -0.3 is 10.2 Å². The molecule has 1 aliphatic heterocycles. The lowest BCUT2D eigenvalue weighted by atomic mass is 9.96. The van der Waals surface area contributed by atoms with E-state index in [4.69, 9.17) is 12.2 Å². The van der Waals surface area contributed by atoms with Gasteiger partial charge in [-0.15, -0.1) is 0 Å². The van der Waals surface area contributed by atoms with Crippen molar-refractivity contribution in [2.24, 2.45) is 0 Å². The standard InChI is InChI=1S/C13H18N2S/c1-15-9-12(7-13(15)8-14-10-16)11-5-3-2-4-6-11/h2-6,10,12-13H,7-9H2,1H3,(H,14,16). The number of rotatable bonds is 4. The topological polar surface area (TPSA) is 15.3 Å². The van der Waals surface area contributed by atoms with E-state index in [9.17, 15) is 0 Å². The van der Waals surface area contributed by atoms with Gasteiger partial charge in [0.2, 0.25) is 0 Å². The van der Waals surface area contributed by atoms with E-state index in [1.165, 1.54) is 12.0 Å². The van der Waals surface area contributed by atoms with Gasteiger partial charge in [-0.3, -0.25) is 0 Å². The van der Waals surface area contributed by atoms with Crippen LogP contribution in [0, 0.1) is 0 Å². The van der Waals surface area contributed by atoms with Crippen LogP contribution in [0.1, 0.15) is 17.9 Å². The molecule has 0 radical (unpaired) electrons. The van der Waals surface area contributed by atoms with Crippen LogP contribution in [0.2, 0.25) is 0 Å². The van der Waals surface area contributed by atoms with Crippen LogP contribution >= 0.6 is 12.2 Å². The summed E-state index contributed by atoms with van der Waals surface area (Å²) in [4.78, 5) is 2.42. The number of thiocarbonyl (C=S) groups is 1. The Kier molecular flexibility index (Phi) is 3.91. The molecule has 1 N–H and O–H groups in total. The highest BCUT2D eigenvalue weighted by molar-refractivity contribution is 7.78. The van der Waals surface area contributed by atoms with Crippen molar-refractivity contribution in [1.82, 2.24) is 10.2 Å². The van der Waals surface area contributed by atoms with Crippen molar-refractivity contribution in [3.8, 4) is 0 Å². The molecule has 1 aromatic carbocycles. The first kappa shape index (κ1) is 11.6. The normalized spacial score (nSPS) is 25.6. The minimum Gasteiger partial charge on any atom is -0.381 e. The van der Waals surface area contributed by atoms with Crippen LogP contribution in [0.3, 0.4) is 0 Å². The molecule has 86 valence electrons. The summed E-state index contributed by atoms with van der Waals surface area (Å²) in [6, 6.07) is 11.4. The summed E-state index contributed by atoms with van der Waals surface area (Å²) in [7, 11) is 2.19. The molecule has 3 heteroatoms. The number of hydrogen-bond donors (Lipinski definition) is 1. The zero-order chi connectivity index (χ0) is 11.4. The summed E-state index contributed by atoms with van der Waals surface area (Å²) in [5, 5.41) is 3.14. The zero-order valence-corrected chi connectivity index (χ0v) is 10.4. The molecule has 2 unspecified atom stereocenters. The smallest absolute Gasteiger partial charge is 0.0615 e. The third kappa shape index (κ3) is 2.60. The van der Waals surface area contributed by atoms with Crippen molar-refractivity contribution in [2.75, 3.05) is 20.1 Å². The number of hydrogen-bond acceptors (Lipinski definition) is 2. The van der Waals surface area contributed by atoms with E-state index in [1.807, 2.05) is 0 Å². The Morgan fingerprint density at radius 3 is 2.88 bits per heavy atom. The summed E-state index contributed by atoms with van der Waals surface area (Å²) in [6.45, 7) is 2.11. The summed E-state index contributed by atoms with van der Waals surface area (Å²) >= 11 is 4.79. The lowest BCUT2D eigenvalue weighted by Crippen LogP contribution is -2.34. The summed E-state index contributed by atoms with van der Waals surface area (Å²) in [5.41, 5.74) is 3.07. The summed E-state index contributed by atoms with van der Waals surface area (Å²) < 4.78 is 0. The number of likely N-dealkylation sites (tertiary alicyclic amines) is 1. The molecule has 0 saturated carbocycles. The van der Waals surface area contributed by atoms with Crippen molar-refractivity contribution in [2.45, 2.75) is 18.4 Å². The van der Waals surface area contributed by atoms with E-state index in [-0.39, 0.29) is 0 Å². The molecule has 0 aromatic heterocycles. The predicted molar refractivity (Wildman–Crippen MR) is 71.9 cm³/mol. The molecule has 0 spiro atoms. The first-order valence-corrected chi connectivity index (χ1v) is 6.20. The van der Waals surface area contributed by atoms with Crippen LogP contribution in [-0.4, -0.2) is 36.6 Å². The number of benzene rings is 1. The monoisotopic (exact) mass is 234 g/mol. The number of nitrogens with one attached hydrogen (secondary N) is 1. The largest absolute Gasteiger partial charge is 0.381 e. The minimum absolute atomic E-state index is 0.601. The van der Waals surface area contributed by atoms with Gasteiger partial charge in [0.05, 0.1) is 5.49 Å². The van der Waals surface area contributed by atoms with Crippen molar-refractivity contribution in [1.29, 1.82) is 0 Å². The van der Waals surface area contributed by atoms with Gasteiger partial charge in [0.1, 0.15) is 0 Å². The highest BCUT2D eigenvalue weighted by Crippen LogP contribution is 2.30. The van der Waals surface area contributed by atoms with Crippen molar-refractivity contribution in [3.05, 3.63) is 35.9 Å². The van der Waals surface area contributed by atoms with Crippen LogP contribution in [0.5, 0.6) is 0 Å². The van der Waals surface area contributed by atoms with Gasteiger partial charge in [-0.1, -0.05) is 42.5 Å². The Balaban J connectivity index is 1.98. The van der Waals surface area contributed by atoms with Crippen LogP contribution < -0.4 is 5.32 Å². The average molecular weight is 234 g/mol. The fourth-order valence-electron chi connectivity index (χ4n) is 2.47. The molecule has 1 fully saturated rings.